The molecule has 3 saturated carbocycles. The summed E-state index contributed by atoms with van der Waals surface area (Å²) in [5, 5.41) is 9.02. The molecule has 4 rings (SSSR count). The lowest BCUT2D eigenvalue weighted by Gasteiger charge is -2.64. The molecular formula is C34H62BN3O5. The third-order valence-electron chi connectivity index (χ3n) is 10.5. The first-order chi connectivity index (χ1) is 20.4. The zero-order chi connectivity index (χ0) is 31.6. The molecule has 4 fully saturated rings. The van der Waals surface area contributed by atoms with Crippen LogP contribution in [-0.4, -0.2) is 55.1 Å². The average Bonchev–Trinajstić information content (AvgIpc) is 3.31. The standard InChI is InChI=1S/C34H62BN3O5/c1-8-10-12-13-14-15-17-19-31(40)37-26(23-36-30(39)18-16-11-9-2)32(41)38-29(20-24(3)4)35-42-28-22-25-21-27(33(25,5)6)34(28,7)43-35/h24-29H,8-23H2,1-7H3,(H,36,39)(H,37,40)(H,38,41)/t25-,26-,27-,28+,29-,34-/m0/s1. The Bertz CT molecular complexity index is 914. The number of unbranched alkanes of at least 4 members (excludes halogenated alkanes) is 8. The van der Waals surface area contributed by atoms with Crippen molar-refractivity contribution in [2.24, 2.45) is 23.2 Å². The Morgan fingerprint density at radius 1 is 0.837 bits per heavy atom. The van der Waals surface area contributed by atoms with E-state index in [0.29, 0.717) is 37.0 Å². The Labute approximate surface area is 262 Å². The molecule has 0 unspecified atom stereocenters. The quantitative estimate of drug-likeness (QED) is 0.115. The van der Waals surface area contributed by atoms with Gasteiger partial charge in [-0.05, 0) is 62.2 Å². The predicted octanol–water partition coefficient (Wildman–Crippen LogP) is 6.11. The fourth-order valence-corrected chi connectivity index (χ4v) is 7.66. The van der Waals surface area contributed by atoms with Crippen molar-refractivity contribution in [3.8, 4) is 0 Å². The van der Waals surface area contributed by atoms with E-state index in [1.54, 1.807) is 0 Å². The molecule has 43 heavy (non-hydrogen) atoms. The summed E-state index contributed by atoms with van der Waals surface area (Å²) in [5.74, 6) is 0.498. The number of amides is 3. The molecule has 3 N–H and O–H groups in total. The summed E-state index contributed by atoms with van der Waals surface area (Å²) in [5.41, 5.74) is -0.125. The van der Waals surface area contributed by atoms with Crippen LogP contribution in [0, 0.1) is 23.2 Å². The van der Waals surface area contributed by atoms with E-state index in [4.69, 9.17) is 9.31 Å². The van der Waals surface area contributed by atoms with Gasteiger partial charge in [0.2, 0.25) is 17.7 Å². The summed E-state index contributed by atoms with van der Waals surface area (Å²) in [4.78, 5) is 39.2. The highest BCUT2D eigenvalue weighted by Crippen LogP contribution is 2.65. The van der Waals surface area contributed by atoms with Gasteiger partial charge in [-0.3, -0.25) is 14.4 Å². The second-order valence-corrected chi connectivity index (χ2v) is 14.8. The summed E-state index contributed by atoms with van der Waals surface area (Å²) in [6, 6.07) is -0.854. The molecule has 0 aromatic rings. The van der Waals surface area contributed by atoms with Crippen LogP contribution in [0.3, 0.4) is 0 Å². The Balaban J connectivity index is 1.62. The van der Waals surface area contributed by atoms with Crippen LogP contribution >= 0.6 is 0 Å². The van der Waals surface area contributed by atoms with Crippen molar-refractivity contribution in [3.05, 3.63) is 0 Å². The molecule has 2 bridgehead atoms. The first-order valence-electron chi connectivity index (χ1n) is 17.6. The van der Waals surface area contributed by atoms with E-state index in [-0.39, 0.29) is 47.3 Å². The van der Waals surface area contributed by atoms with Gasteiger partial charge in [0.25, 0.3) is 0 Å². The number of nitrogens with one attached hydrogen (secondary N) is 3. The van der Waals surface area contributed by atoms with Crippen LogP contribution in [0.5, 0.6) is 0 Å². The highest BCUT2D eigenvalue weighted by atomic mass is 16.7. The molecule has 8 nitrogen and oxygen atoms in total. The molecule has 1 aliphatic heterocycles. The number of rotatable bonds is 20. The normalized spacial score (nSPS) is 26.8. The topological polar surface area (TPSA) is 106 Å². The Hall–Kier alpha value is -1.61. The van der Waals surface area contributed by atoms with Crippen LogP contribution < -0.4 is 16.0 Å². The molecule has 3 amide bonds. The van der Waals surface area contributed by atoms with E-state index >= 15 is 0 Å². The van der Waals surface area contributed by atoms with Crippen molar-refractivity contribution in [1.29, 1.82) is 0 Å². The van der Waals surface area contributed by atoms with Crippen molar-refractivity contribution < 1.29 is 23.7 Å². The molecular weight excluding hydrogens is 541 g/mol. The first-order valence-corrected chi connectivity index (χ1v) is 17.6. The largest absolute Gasteiger partial charge is 0.481 e. The predicted molar refractivity (Wildman–Crippen MR) is 173 cm³/mol. The number of hydrogen-bond acceptors (Lipinski definition) is 5. The summed E-state index contributed by atoms with van der Waals surface area (Å²) in [6.45, 7) is 15.5. The minimum absolute atomic E-state index is 0.0284. The van der Waals surface area contributed by atoms with E-state index in [0.717, 1.165) is 44.9 Å². The Morgan fingerprint density at radius 3 is 2.09 bits per heavy atom. The molecule has 3 aliphatic carbocycles. The zero-order valence-electron chi connectivity index (χ0n) is 28.4. The molecule has 6 atom stereocenters. The van der Waals surface area contributed by atoms with Crippen LogP contribution in [0.1, 0.15) is 145 Å². The molecule has 0 aromatic carbocycles. The van der Waals surface area contributed by atoms with Crippen molar-refractivity contribution >= 4 is 24.8 Å². The molecule has 4 aliphatic rings. The van der Waals surface area contributed by atoms with E-state index in [1.807, 2.05) is 0 Å². The number of carbonyl (C=O) groups is 3. The van der Waals surface area contributed by atoms with Gasteiger partial charge in [-0.25, -0.2) is 0 Å². The van der Waals surface area contributed by atoms with Crippen molar-refractivity contribution in [2.45, 2.75) is 168 Å². The molecule has 246 valence electrons. The van der Waals surface area contributed by atoms with Gasteiger partial charge in [0.15, 0.2) is 0 Å². The van der Waals surface area contributed by atoms with Crippen LogP contribution in [-0.2, 0) is 23.7 Å². The SMILES string of the molecule is CCCCCCCCCC(=O)N[C@@H](CNC(=O)CCCCC)C(=O)N[C@@H](CC(C)C)B1O[C@@H]2C[C@@H]3C[C@@H](C3(C)C)[C@]2(C)O1. The van der Waals surface area contributed by atoms with Gasteiger partial charge in [-0.15, -0.1) is 0 Å². The molecule has 0 spiro atoms. The summed E-state index contributed by atoms with van der Waals surface area (Å²) >= 11 is 0. The second-order valence-electron chi connectivity index (χ2n) is 14.8. The van der Waals surface area contributed by atoms with E-state index < -0.39 is 13.2 Å². The minimum atomic E-state index is -0.854. The smallest absolute Gasteiger partial charge is 0.404 e. The lowest BCUT2D eigenvalue weighted by molar-refractivity contribution is -0.199. The first kappa shape index (κ1) is 35.9. The van der Waals surface area contributed by atoms with Crippen LogP contribution in [0.4, 0.5) is 0 Å². The van der Waals surface area contributed by atoms with Crippen molar-refractivity contribution in [2.75, 3.05) is 6.54 Å². The minimum Gasteiger partial charge on any atom is -0.404 e. The van der Waals surface area contributed by atoms with Gasteiger partial charge in [0.1, 0.15) is 6.04 Å². The molecule has 0 radical (unpaired) electrons. The average molecular weight is 604 g/mol. The maximum Gasteiger partial charge on any atom is 0.481 e. The van der Waals surface area contributed by atoms with E-state index in [1.165, 1.54) is 32.1 Å². The molecule has 0 aromatic heterocycles. The number of carbonyl (C=O) groups excluding carboxylic acids is 3. The molecule has 9 heteroatoms. The molecule has 1 heterocycles. The van der Waals surface area contributed by atoms with Crippen LogP contribution in [0.2, 0.25) is 0 Å². The lowest BCUT2D eigenvalue weighted by atomic mass is 9.43. The van der Waals surface area contributed by atoms with Gasteiger partial charge < -0.3 is 25.3 Å². The van der Waals surface area contributed by atoms with Crippen molar-refractivity contribution in [3.63, 3.8) is 0 Å². The van der Waals surface area contributed by atoms with E-state index in [9.17, 15) is 14.4 Å². The summed E-state index contributed by atoms with van der Waals surface area (Å²) < 4.78 is 13.3. The number of hydrogen-bond donors (Lipinski definition) is 3. The van der Waals surface area contributed by atoms with E-state index in [2.05, 4.69) is 64.4 Å². The van der Waals surface area contributed by atoms with Crippen LogP contribution in [0.15, 0.2) is 0 Å². The van der Waals surface area contributed by atoms with Gasteiger partial charge in [-0.2, -0.15) is 0 Å². The second kappa shape index (κ2) is 16.6. The lowest BCUT2D eigenvalue weighted by Crippen LogP contribution is -2.65. The monoisotopic (exact) mass is 603 g/mol. The van der Waals surface area contributed by atoms with Crippen LogP contribution in [0.25, 0.3) is 0 Å². The van der Waals surface area contributed by atoms with Gasteiger partial charge in [0, 0.05) is 19.4 Å². The maximum absolute atomic E-state index is 13.8. The van der Waals surface area contributed by atoms with Crippen molar-refractivity contribution in [1.82, 2.24) is 16.0 Å². The maximum atomic E-state index is 13.8. The summed E-state index contributed by atoms with van der Waals surface area (Å²) in [7, 11) is -0.538. The van der Waals surface area contributed by atoms with Gasteiger partial charge in [0.05, 0.1) is 17.6 Å². The Kier molecular flexibility index (Phi) is 13.9. The highest BCUT2D eigenvalue weighted by molar-refractivity contribution is 6.48. The Morgan fingerprint density at radius 2 is 1.44 bits per heavy atom. The van der Waals surface area contributed by atoms with Gasteiger partial charge in [-0.1, -0.05) is 92.9 Å². The molecule has 1 saturated heterocycles. The highest BCUT2D eigenvalue weighted by Gasteiger charge is 2.68. The fraction of sp³-hybridized carbons (Fsp3) is 0.912. The van der Waals surface area contributed by atoms with Gasteiger partial charge >= 0.3 is 7.12 Å². The zero-order valence-corrected chi connectivity index (χ0v) is 28.4. The fourth-order valence-electron chi connectivity index (χ4n) is 7.66. The third-order valence-corrected chi connectivity index (χ3v) is 10.5. The third kappa shape index (κ3) is 9.69. The summed E-state index contributed by atoms with van der Waals surface area (Å²) in [6.07, 6.45) is 14.4.